The molecule has 0 bridgehead atoms. The molecule has 38 heavy (non-hydrogen) atoms. The zero-order chi connectivity index (χ0) is 26.5. The minimum absolute atomic E-state index is 0.200. The fourth-order valence-corrected chi connectivity index (χ4v) is 5.80. The van der Waals surface area contributed by atoms with Crippen molar-refractivity contribution in [1.82, 2.24) is 9.88 Å². The van der Waals surface area contributed by atoms with Gasteiger partial charge in [0, 0.05) is 60.4 Å². The fourth-order valence-electron chi connectivity index (χ4n) is 4.60. The molecule has 1 fully saturated rings. The number of phosphoric ester groups is 1. The summed E-state index contributed by atoms with van der Waals surface area (Å²) in [7, 11) is -5.62. The van der Waals surface area contributed by atoms with Crippen molar-refractivity contribution < 1.29 is 32.6 Å². The van der Waals surface area contributed by atoms with Crippen molar-refractivity contribution in [1.29, 1.82) is 0 Å². The maximum atomic E-state index is 12.1. The molecule has 0 saturated carbocycles. The molecule has 0 amide bonds. The van der Waals surface area contributed by atoms with Crippen molar-refractivity contribution in [2.24, 2.45) is 0 Å². The molecule has 2 aliphatic heterocycles. The first-order valence-electron chi connectivity index (χ1n) is 12.4. The Labute approximate surface area is 223 Å². The molecule has 2 N–H and O–H groups in total. The normalized spacial score (nSPS) is 17.6. The SMILES string of the molecule is O=S1C=Cc2c(N3CCN(CCCCOc4ccc5ccc(OCOP(=O)(O)O)nc5c4)CC3)cccc21. The Kier molecular flexibility index (Phi) is 8.42. The van der Waals surface area contributed by atoms with Gasteiger partial charge >= 0.3 is 7.82 Å². The maximum Gasteiger partial charge on any atom is 0.472 e. The Hall–Kier alpha value is -2.79. The summed E-state index contributed by atoms with van der Waals surface area (Å²) >= 11 is 0. The molecule has 2 aliphatic rings. The van der Waals surface area contributed by atoms with E-state index in [1.807, 2.05) is 36.4 Å². The van der Waals surface area contributed by atoms with Crippen LogP contribution in [0.15, 0.2) is 58.8 Å². The maximum absolute atomic E-state index is 12.1. The summed E-state index contributed by atoms with van der Waals surface area (Å²) in [6, 6.07) is 15.1. The molecule has 5 rings (SSSR count). The number of hydrogen-bond donors (Lipinski definition) is 2. The summed E-state index contributed by atoms with van der Waals surface area (Å²) in [5.41, 5.74) is 2.92. The van der Waals surface area contributed by atoms with Gasteiger partial charge in [-0.1, -0.05) is 6.07 Å². The quantitative estimate of drug-likeness (QED) is 0.204. The van der Waals surface area contributed by atoms with Crippen LogP contribution in [0.5, 0.6) is 11.6 Å². The summed E-state index contributed by atoms with van der Waals surface area (Å²) in [4.78, 5) is 27.6. The van der Waals surface area contributed by atoms with E-state index in [-0.39, 0.29) is 5.88 Å². The number of ether oxygens (including phenoxy) is 2. The zero-order valence-electron chi connectivity index (χ0n) is 20.8. The summed E-state index contributed by atoms with van der Waals surface area (Å²) in [6.45, 7) is 4.92. The van der Waals surface area contributed by atoms with E-state index in [2.05, 4.69) is 25.4 Å². The van der Waals surface area contributed by atoms with Gasteiger partial charge in [0.05, 0.1) is 27.8 Å². The minimum Gasteiger partial charge on any atom is -0.494 e. The van der Waals surface area contributed by atoms with E-state index < -0.39 is 25.4 Å². The van der Waals surface area contributed by atoms with Gasteiger partial charge in [0.1, 0.15) is 5.75 Å². The van der Waals surface area contributed by atoms with Crippen LogP contribution in [0, 0.1) is 0 Å². The van der Waals surface area contributed by atoms with Crippen molar-refractivity contribution >= 4 is 41.3 Å². The second-order valence-electron chi connectivity index (χ2n) is 9.06. The standard InChI is InChI=1S/C26H30N3O7PS/c30-37(31,32)36-19-35-26-9-7-20-6-8-21(18-23(20)27-26)34-16-2-1-11-28-12-14-29(15-13-28)24-4-3-5-25-22(24)10-17-38(25)33/h3-10,17-18H,1-2,11-16,19H2,(H2,30,31,32). The largest absolute Gasteiger partial charge is 0.494 e. The first-order valence-corrected chi connectivity index (χ1v) is 15.2. The van der Waals surface area contributed by atoms with E-state index in [1.54, 1.807) is 17.5 Å². The molecule has 2 aromatic carbocycles. The molecule has 3 heterocycles. The van der Waals surface area contributed by atoms with E-state index >= 15 is 0 Å². The number of phosphoric acid groups is 1. The van der Waals surface area contributed by atoms with Gasteiger partial charge in [-0.15, -0.1) is 0 Å². The number of piperazine rings is 1. The molecular weight excluding hydrogens is 529 g/mol. The number of unbranched alkanes of at least 4 members (excludes halogenated alkanes) is 1. The summed E-state index contributed by atoms with van der Waals surface area (Å²) in [5.74, 6) is 0.902. The number of nitrogens with zero attached hydrogens (tertiary/aromatic N) is 3. The van der Waals surface area contributed by atoms with Gasteiger partial charge in [0.2, 0.25) is 12.7 Å². The smallest absolute Gasteiger partial charge is 0.472 e. The summed E-state index contributed by atoms with van der Waals surface area (Å²) in [5, 5.41) is 2.66. The van der Waals surface area contributed by atoms with Crippen LogP contribution in [0.3, 0.4) is 0 Å². The second-order valence-corrected chi connectivity index (χ2v) is 11.6. The van der Waals surface area contributed by atoms with Crippen molar-refractivity contribution in [2.45, 2.75) is 17.7 Å². The van der Waals surface area contributed by atoms with Gasteiger partial charge in [-0.2, -0.15) is 0 Å². The average Bonchev–Trinajstić information content (AvgIpc) is 3.29. The van der Waals surface area contributed by atoms with Crippen LogP contribution in [-0.2, 0) is 19.9 Å². The summed E-state index contributed by atoms with van der Waals surface area (Å²) in [6.07, 6.45) is 3.94. The molecule has 1 atom stereocenters. The first-order chi connectivity index (χ1) is 18.4. The van der Waals surface area contributed by atoms with E-state index in [1.165, 1.54) is 5.69 Å². The molecule has 1 unspecified atom stereocenters. The highest BCUT2D eigenvalue weighted by molar-refractivity contribution is 7.88. The van der Waals surface area contributed by atoms with Gasteiger partial charge in [0.25, 0.3) is 0 Å². The van der Waals surface area contributed by atoms with E-state index in [0.29, 0.717) is 17.9 Å². The van der Waals surface area contributed by atoms with Crippen LogP contribution in [-0.4, -0.2) is 70.0 Å². The van der Waals surface area contributed by atoms with Crippen LogP contribution in [0.2, 0.25) is 0 Å². The third-order valence-corrected chi connectivity index (χ3v) is 8.15. The van der Waals surface area contributed by atoms with Gasteiger partial charge in [0.15, 0.2) is 0 Å². The van der Waals surface area contributed by atoms with Gasteiger partial charge in [-0.05, 0) is 55.8 Å². The number of anilines is 1. The Balaban J connectivity index is 1.04. The third kappa shape index (κ3) is 6.79. The molecule has 1 saturated heterocycles. The van der Waals surface area contributed by atoms with E-state index in [9.17, 15) is 8.77 Å². The molecule has 1 aromatic heterocycles. The van der Waals surface area contributed by atoms with Crippen LogP contribution in [0.1, 0.15) is 18.4 Å². The monoisotopic (exact) mass is 559 g/mol. The van der Waals surface area contributed by atoms with Crippen LogP contribution in [0.4, 0.5) is 5.69 Å². The molecule has 3 aromatic rings. The van der Waals surface area contributed by atoms with E-state index in [0.717, 1.165) is 61.4 Å². The van der Waals surface area contributed by atoms with E-state index in [4.69, 9.17) is 19.3 Å². The lowest BCUT2D eigenvalue weighted by Gasteiger charge is -2.36. The number of aromatic nitrogens is 1. The van der Waals surface area contributed by atoms with Crippen molar-refractivity contribution in [3.63, 3.8) is 0 Å². The lowest BCUT2D eigenvalue weighted by Crippen LogP contribution is -2.46. The molecule has 0 spiro atoms. The lowest BCUT2D eigenvalue weighted by atomic mass is 10.1. The highest BCUT2D eigenvalue weighted by atomic mass is 32.2. The predicted molar refractivity (Wildman–Crippen MR) is 146 cm³/mol. The highest BCUT2D eigenvalue weighted by Crippen LogP contribution is 2.35. The molecule has 0 radical (unpaired) electrons. The zero-order valence-corrected chi connectivity index (χ0v) is 22.5. The van der Waals surface area contributed by atoms with Crippen molar-refractivity contribution in [3.05, 3.63) is 59.5 Å². The Morgan fingerprint density at radius 1 is 1.00 bits per heavy atom. The predicted octanol–water partition coefficient (Wildman–Crippen LogP) is 3.75. The van der Waals surface area contributed by atoms with Gasteiger partial charge in [-0.3, -0.25) is 4.90 Å². The Morgan fingerprint density at radius 3 is 2.63 bits per heavy atom. The van der Waals surface area contributed by atoms with Crippen LogP contribution in [0.25, 0.3) is 17.0 Å². The number of pyridine rings is 1. The molecule has 202 valence electrons. The molecule has 12 heteroatoms. The van der Waals surface area contributed by atoms with Gasteiger partial charge in [-0.25, -0.2) is 18.3 Å². The molecule has 0 aliphatic carbocycles. The van der Waals surface area contributed by atoms with Gasteiger partial charge < -0.3 is 24.2 Å². The Morgan fingerprint density at radius 2 is 1.82 bits per heavy atom. The number of fused-ring (bicyclic) bond motifs is 2. The minimum atomic E-state index is -4.60. The lowest BCUT2D eigenvalue weighted by molar-refractivity contribution is 0.0798. The van der Waals surface area contributed by atoms with Crippen LogP contribution >= 0.6 is 7.82 Å². The highest BCUT2D eigenvalue weighted by Gasteiger charge is 2.22. The topological polar surface area (TPSA) is 122 Å². The van der Waals surface area contributed by atoms with Crippen molar-refractivity contribution in [3.8, 4) is 11.6 Å². The average molecular weight is 560 g/mol. The first kappa shape index (κ1) is 26.8. The molecular formula is C26H30N3O7PS. The third-order valence-electron chi connectivity index (χ3n) is 6.53. The van der Waals surface area contributed by atoms with Crippen molar-refractivity contribution in [2.75, 3.05) is 51.0 Å². The fraction of sp³-hybridized carbons (Fsp3) is 0.346. The second kappa shape index (κ2) is 11.9. The Bertz CT molecular complexity index is 1390. The summed E-state index contributed by atoms with van der Waals surface area (Å²) < 4.78 is 38.3. The molecule has 10 nitrogen and oxygen atoms in total. The number of hydrogen-bond acceptors (Lipinski definition) is 8. The number of benzene rings is 2. The number of rotatable bonds is 11. The van der Waals surface area contributed by atoms with Crippen LogP contribution < -0.4 is 14.4 Å².